The van der Waals surface area contributed by atoms with Crippen LogP contribution in [-0.2, 0) is 20.7 Å². The molecule has 0 aliphatic heterocycles. The van der Waals surface area contributed by atoms with E-state index in [1.165, 1.54) is 0 Å². The Labute approximate surface area is 141 Å². The van der Waals surface area contributed by atoms with E-state index in [1.54, 1.807) is 20.8 Å². The number of amides is 3. The van der Waals surface area contributed by atoms with E-state index >= 15 is 0 Å². The summed E-state index contributed by atoms with van der Waals surface area (Å²) in [6.07, 6.45) is -0.425. The van der Waals surface area contributed by atoms with Gasteiger partial charge in [-0.3, -0.25) is 9.59 Å². The predicted octanol–water partition coefficient (Wildman–Crippen LogP) is 1.11. The lowest BCUT2D eigenvalue weighted by molar-refractivity contribution is -0.127. The third-order valence-electron chi connectivity index (χ3n) is 2.97. The lowest BCUT2D eigenvalue weighted by atomic mass is 10.1. The minimum absolute atomic E-state index is 0.295. The highest BCUT2D eigenvalue weighted by Gasteiger charge is 2.25. The summed E-state index contributed by atoms with van der Waals surface area (Å²) in [5.74, 6) is -1.16. The molecule has 4 N–H and O–H groups in total. The van der Waals surface area contributed by atoms with Crippen LogP contribution in [0.15, 0.2) is 30.3 Å². The summed E-state index contributed by atoms with van der Waals surface area (Å²) in [5.41, 5.74) is 5.51. The van der Waals surface area contributed by atoms with Crippen LogP contribution in [0.1, 0.15) is 32.8 Å². The summed E-state index contributed by atoms with van der Waals surface area (Å²) >= 11 is 0. The summed E-state index contributed by atoms with van der Waals surface area (Å²) < 4.78 is 5.09. The molecule has 0 saturated heterocycles. The van der Waals surface area contributed by atoms with Crippen molar-refractivity contribution in [2.45, 2.75) is 45.3 Å². The summed E-state index contributed by atoms with van der Waals surface area (Å²) in [6, 6.07) is 8.58. The molecule has 7 heteroatoms. The van der Waals surface area contributed by atoms with Crippen LogP contribution in [0, 0.1) is 0 Å². The lowest BCUT2D eigenvalue weighted by Crippen LogP contribution is -2.50. The maximum absolute atomic E-state index is 12.2. The molecule has 0 fully saturated rings. The normalized spacial score (nSPS) is 12.1. The van der Waals surface area contributed by atoms with Crippen molar-refractivity contribution in [3.8, 4) is 0 Å². The quantitative estimate of drug-likeness (QED) is 0.693. The van der Waals surface area contributed by atoms with E-state index in [-0.39, 0.29) is 6.42 Å². The van der Waals surface area contributed by atoms with Gasteiger partial charge in [0, 0.05) is 6.54 Å². The van der Waals surface area contributed by atoms with E-state index in [2.05, 4.69) is 10.6 Å². The molecule has 3 amide bonds. The first-order valence-corrected chi connectivity index (χ1v) is 7.77. The number of carbonyl (C=O) groups is 3. The Bertz CT molecular complexity index is 567. The zero-order chi connectivity index (χ0) is 18.2. The van der Waals surface area contributed by atoms with Crippen LogP contribution in [0.3, 0.4) is 0 Å². The molecule has 1 rings (SSSR count). The van der Waals surface area contributed by atoms with E-state index in [9.17, 15) is 14.4 Å². The van der Waals surface area contributed by atoms with Crippen molar-refractivity contribution < 1.29 is 19.1 Å². The second kappa shape index (κ2) is 8.90. The number of nitrogens with two attached hydrogens (primary N) is 1. The fraction of sp³-hybridized carbons (Fsp3) is 0.471. The van der Waals surface area contributed by atoms with Crippen LogP contribution in [0.2, 0.25) is 0 Å². The average Bonchev–Trinajstić information content (AvgIpc) is 2.45. The van der Waals surface area contributed by atoms with Crippen molar-refractivity contribution in [3.05, 3.63) is 35.9 Å². The predicted molar refractivity (Wildman–Crippen MR) is 90.1 cm³/mol. The second-order valence-electron chi connectivity index (χ2n) is 6.40. The Balaban J connectivity index is 2.54. The van der Waals surface area contributed by atoms with Crippen LogP contribution >= 0.6 is 0 Å². The summed E-state index contributed by atoms with van der Waals surface area (Å²) in [7, 11) is 0. The molecular weight excluding hydrogens is 310 g/mol. The molecule has 1 aromatic rings. The molecule has 0 unspecified atom stereocenters. The van der Waals surface area contributed by atoms with Gasteiger partial charge in [0.2, 0.25) is 11.8 Å². The summed E-state index contributed by atoms with van der Waals surface area (Å²) in [5, 5.41) is 5.07. The van der Waals surface area contributed by atoms with E-state index in [0.29, 0.717) is 13.0 Å². The van der Waals surface area contributed by atoms with Crippen LogP contribution in [0.5, 0.6) is 0 Å². The standard InChI is InChI=1S/C17H25N3O4/c1-17(2,3)24-16(23)20-13(11-14(18)21)15(22)19-10-9-12-7-5-4-6-8-12/h4-8,13H,9-11H2,1-3H3,(H2,18,21)(H,19,22)(H,20,23)/t13-/m1/s1. The lowest BCUT2D eigenvalue weighted by Gasteiger charge is -2.22. The Morgan fingerprint density at radius 1 is 1.17 bits per heavy atom. The third-order valence-corrected chi connectivity index (χ3v) is 2.97. The van der Waals surface area contributed by atoms with Gasteiger partial charge >= 0.3 is 6.09 Å². The Morgan fingerprint density at radius 2 is 1.79 bits per heavy atom. The Kier molecular flexibility index (Phi) is 7.23. The van der Waals surface area contributed by atoms with Crippen molar-refractivity contribution in [2.24, 2.45) is 5.73 Å². The van der Waals surface area contributed by atoms with Gasteiger partial charge in [-0.15, -0.1) is 0 Å². The number of benzene rings is 1. The molecule has 0 aromatic heterocycles. The second-order valence-corrected chi connectivity index (χ2v) is 6.40. The molecule has 7 nitrogen and oxygen atoms in total. The van der Waals surface area contributed by atoms with Gasteiger partial charge in [0.05, 0.1) is 6.42 Å². The number of carbonyl (C=O) groups excluding carboxylic acids is 3. The van der Waals surface area contributed by atoms with E-state index in [1.807, 2.05) is 30.3 Å². The van der Waals surface area contributed by atoms with Crippen LogP contribution in [0.25, 0.3) is 0 Å². The van der Waals surface area contributed by atoms with Crippen molar-refractivity contribution in [3.63, 3.8) is 0 Å². The van der Waals surface area contributed by atoms with Crippen molar-refractivity contribution in [1.29, 1.82) is 0 Å². The van der Waals surface area contributed by atoms with Gasteiger partial charge in [0.15, 0.2) is 0 Å². The van der Waals surface area contributed by atoms with E-state index in [0.717, 1.165) is 5.56 Å². The van der Waals surface area contributed by atoms with Crippen molar-refractivity contribution >= 4 is 17.9 Å². The Morgan fingerprint density at radius 3 is 2.33 bits per heavy atom. The van der Waals surface area contributed by atoms with Crippen LogP contribution in [0.4, 0.5) is 4.79 Å². The van der Waals surface area contributed by atoms with E-state index < -0.39 is 29.6 Å². The molecule has 0 bridgehead atoms. The molecule has 0 saturated carbocycles. The minimum atomic E-state index is -1.06. The molecule has 0 aliphatic rings. The van der Waals surface area contributed by atoms with Crippen molar-refractivity contribution in [1.82, 2.24) is 10.6 Å². The minimum Gasteiger partial charge on any atom is -0.444 e. The Hall–Kier alpha value is -2.57. The number of hydrogen-bond donors (Lipinski definition) is 3. The molecular formula is C17H25N3O4. The van der Waals surface area contributed by atoms with Crippen molar-refractivity contribution in [2.75, 3.05) is 6.54 Å². The number of alkyl carbamates (subject to hydrolysis) is 1. The fourth-order valence-corrected chi connectivity index (χ4v) is 1.96. The highest BCUT2D eigenvalue weighted by atomic mass is 16.6. The van der Waals surface area contributed by atoms with Gasteiger partial charge in [0.25, 0.3) is 0 Å². The maximum Gasteiger partial charge on any atom is 0.408 e. The molecule has 0 heterocycles. The molecule has 0 spiro atoms. The monoisotopic (exact) mass is 335 g/mol. The van der Waals surface area contributed by atoms with E-state index in [4.69, 9.17) is 10.5 Å². The summed E-state index contributed by atoms with van der Waals surface area (Å²) in [4.78, 5) is 35.1. The maximum atomic E-state index is 12.2. The van der Waals surface area contributed by atoms with Gasteiger partial charge in [0.1, 0.15) is 11.6 Å². The highest BCUT2D eigenvalue weighted by molar-refractivity contribution is 5.90. The van der Waals surface area contributed by atoms with Gasteiger partial charge in [-0.25, -0.2) is 4.79 Å². The topological polar surface area (TPSA) is 111 Å². The number of ether oxygens (including phenoxy) is 1. The zero-order valence-electron chi connectivity index (χ0n) is 14.3. The van der Waals surface area contributed by atoms with Gasteiger partial charge in [-0.05, 0) is 32.8 Å². The molecule has 24 heavy (non-hydrogen) atoms. The smallest absolute Gasteiger partial charge is 0.408 e. The van der Waals surface area contributed by atoms with Gasteiger partial charge in [-0.2, -0.15) is 0 Å². The average molecular weight is 335 g/mol. The fourth-order valence-electron chi connectivity index (χ4n) is 1.96. The summed E-state index contributed by atoms with van der Waals surface area (Å²) in [6.45, 7) is 5.49. The first kappa shape index (κ1) is 19.5. The first-order chi connectivity index (χ1) is 11.2. The van der Waals surface area contributed by atoms with Gasteiger partial charge in [-0.1, -0.05) is 30.3 Å². The highest BCUT2D eigenvalue weighted by Crippen LogP contribution is 2.07. The first-order valence-electron chi connectivity index (χ1n) is 7.77. The van der Waals surface area contributed by atoms with Gasteiger partial charge < -0.3 is 21.1 Å². The number of rotatable bonds is 7. The van der Waals surface area contributed by atoms with Crippen LogP contribution < -0.4 is 16.4 Å². The SMILES string of the molecule is CC(C)(C)OC(=O)N[C@H](CC(N)=O)C(=O)NCCc1ccccc1. The molecule has 132 valence electrons. The zero-order valence-corrected chi connectivity index (χ0v) is 14.3. The molecule has 0 radical (unpaired) electrons. The largest absolute Gasteiger partial charge is 0.444 e. The third kappa shape index (κ3) is 8.17. The molecule has 1 atom stereocenters. The number of hydrogen-bond acceptors (Lipinski definition) is 4. The molecule has 0 aliphatic carbocycles. The number of primary amides is 1. The number of nitrogens with one attached hydrogen (secondary N) is 2. The molecule has 1 aromatic carbocycles. The van der Waals surface area contributed by atoms with Crippen LogP contribution in [-0.4, -0.2) is 36.1 Å².